The minimum atomic E-state index is 0.335. The SMILES string of the molecule is Cc1cc(C)nc(NC2CCN(C(=O)C3CC3)CC2)n1. The van der Waals surface area contributed by atoms with Crippen molar-refractivity contribution in [2.75, 3.05) is 18.4 Å². The molecule has 0 bridgehead atoms. The van der Waals surface area contributed by atoms with Gasteiger partial charge in [0, 0.05) is 36.4 Å². The molecule has 20 heavy (non-hydrogen) atoms. The molecular weight excluding hydrogens is 252 g/mol. The Hall–Kier alpha value is -1.65. The maximum atomic E-state index is 12.0. The minimum Gasteiger partial charge on any atom is -0.351 e. The fourth-order valence-electron chi connectivity index (χ4n) is 2.81. The average Bonchev–Trinajstić information content (AvgIpc) is 3.22. The number of carbonyl (C=O) groups is 1. The molecule has 1 amide bonds. The number of piperidine rings is 1. The third-order valence-corrected chi connectivity index (χ3v) is 4.05. The molecule has 1 aromatic rings. The molecule has 2 fully saturated rings. The minimum absolute atomic E-state index is 0.335. The molecule has 0 atom stereocenters. The van der Waals surface area contributed by atoms with E-state index in [1.807, 2.05) is 24.8 Å². The lowest BCUT2D eigenvalue weighted by Gasteiger charge is -2.32. The van der Waals surface area contributed by atoms with Crippen molar-refractivity contribution in [3.8, 4) is 0 Å². The predicted molar refractivity (Wildman–Crippen MR) is 77.5 cm³/mol. The molecule has 5 nitrogen and oxygen atoms in total. The lowest BCUT2D eigenvalue weighted by atomic mass is 10.0. The van der Waals surface area contributed by atoms with Crippen molar-refractivity contribution in [3.05, 3.63) is 17.5 Å². The van der Waals surface area contributed by atoms with Crippen molar-refractivity contribution >= 4 is 11.9 Å². The number of hydrogen-bond donors (Lipinski definition) is 1. The van der Waals surface area contributed by atoms with Gasteiger partial charge in [0.05, 0.1) is 0 Å². The van der Waals surface area contributed by atoms with Crippen LogP contribution in [0.2, 0.25) is 0 Å². The number of aryl methyl sites for hydroxylation is 2. The second-order valence-electron chi connectivity index (χ2n) is 5.99. The standard InChI is InChI=1S/C15H22N4O/c1-10-9-11(2)17-15(16-10)18-13-5-7-19(8-6-13)14(20)12-3-4-12/h9,12-13H,3-8H2,1-2H3,(H,16,17,18). The molecule has 1 saturated carbocycles. The highest BCUT2D eigenvalue weighted by molar-refractivity contribution is 5.81. The molecule has 2 aliphatic rings. The first-order valence-corrected chi connectivity index (χ1v) is 7.49. The molecule has 1 saturated heterocycles. The van der Waals surface area contributed by atoms with Gasteiger partial charge in [0.2, 0.25) is 11.9 Å². The Labute approximate surface area is 119 Å². The number of rotatable bonds is 3. The van der Waals surface area contributed by atoms with E-state index < -0.39 is 0 Å². The van der Waals surface area contributed by atoms with Crippen LogP contribution in [-0.4, -0.2) is 39.9 Å². The Morgan fingerprint density at radius 2 is 1.75 bits per heavy atom. The van der Waals surface area contributed by atoms with Crippen molar-refractivity contribution in [1.29, 1.82) is 0 Å². The summed E-state index contributed by atoms with van der Waals surface area (Å²) >= 11 is 0. The number of aromatic nitrogens is 2. The fourth-order valence-corrected chi connectivity index (χ4v) is 2.81. The van der Waals surface area contributed by atoms with E-state index in [9.17, 15) is 4.79 Å². The van der Waals surface area contributed by atoms with Crippen LogP contribution in [0.1, 0.15) is 37.1 Å². The van der Waals surface area contributed by atoms with Gasteiger partial charge in [0.15, 0.2) is 0 Å². The summed E-state index contributed by atoms with van der Waals surface area (Å²) < 4.78 is 0. The molecule has 1 aromatic heterocycles. The number of amides is 1. The Bertz CT molecular complexity index is 484. The van der Waals surface area contributed by atoms with Gasteiger partial charge in [-0.2, -0.15) is 0 Å². The van der Waals surface area contributed by atoms with Crippen LogP contribution < -0.4 is 5.32 Å². The van der Waals surface area contributed by atoms with Crippen LogP contribution in [0.4, 0.5) is 5.95 Å². The van der Waals surface area contributed by atoms with Crippen LogP contribution >= 0.6 is 0 Å². The van der Waals surface area contributed by atoms with Crippen molar-refractivity contribution in [2.24, 2.45) is 5.92 Å². The largest absolute Gasteiger partial charge is 0.351 e. The zero-order chi connectivity index (χ0) is 14.1. The highest BCUT2D eigenvalue weighted by Gasteiger charge is 2.34. The van der Waals surface area contributed by atoms with Crippen LogP contribution in [-0.2, 0) is 4.79 Å². The molecule has 0 spiro atoms. The Balaban J connectivity index is 1.54. The van der Waals surface area contributed by atoms with E-state index in [1.54, 1.807) is 0 Å². The highest BCUT2D eigenvalue weighted by Crippen LogP contribution is 2.32. The second kappa shape index (κ2) is 5.38. The lowest BCUT2D eigenvalue weighted by molar-refractivity contribution is -0.133. The Morgan fingerprint density at radius 1 is 1.15 bits per heavy atom. The molecule has 0 aromatic carbocycles. The maximum absolute atomic E-state index is 12.0. The van der Waals surface area contributed by atoms with Crippen molar-refractivity contribution in [3.63, 3.8) is 0 Å². The first kappa shape index (κ1) is 13.3. The van der Waals surface area contributed by atoms with Crippen molar-refractivity contribution < 1.29 is 4.79 Å². The quantitative estimate of drug-likeness (QED) is 0.914. The fraction of sp³-hybridized carbons (Fsp3) is 0.667. The molecule has 5 heteroatoms. The van der Waals surface area contributed by atoms with Crippen molar-refractivity contribution in [1.82, 2.24) is 14.9 Å². The summed E-state index contributed by atoms with van der Waals surface area (Å²) in [6, 6.07) is 2.35. The normalized spacial score (nSPS) is 20.0. The summed E-state index contributed by atoms with van der Waals surface area (Å²) in [5.41, 5.74) is 1.97. The number of carbonyl (C=O) groups excluding carboxylic acids is 1. The van der Waals surface area contributed by atoms with Crippen LogP contribution in [0.3, 0.4) is 0 Å². The van der Waals surface area contributed by atoms with E-state index in [4.69, 9.17) is 0 Å². The van der Waals surface area contributed by atoms with Crippen LogP contribution in [0.15, 0.2) is 6.07 Å². The molecule has 2 heterocycles. The third kappa shape index (κ3) is 3.08. The second-order valence-corrected chi connectivity index (χ2v) is 5.99. The van der Waals surface area contributed by atoms with Gasteiger partial charge in [0.1, 0.15) is 0 Å². The number of nitrogens with one attached hydrogen (secondary N) is 1. The predicted octanol–water partition coefficient (Wildman–Crippen LogP) is 1.91. The van der Waals surface area contributed by atoms with Gasteiger partial charge in [-0.3, -0.25) is 4.79 Å². The maximum Gasteiger partial charge on any atom is 0.225 e. The van der Waals surface area contributed by atoms with Crippen LogP contribution in [0.25, 0.3) is 0 Å². The first-order valence-electron chi connectivity index (χ1n) is 7.49. The smallest absolute Gasteiger partial charge is 0.225 e. The molecule has 108 valence electrons. The lowest BCUT2D eigenvalue weighted by Crippen LogP contribution is -2.43. The highest BCUT2D eigenvalue weighted by atomic mass is 16.2. The van der Waals surface area contributed by atoms with Crippen LogP contribution in [0, 0.1) is 19.8 Å². The Morgan fingerprint density at radius 3 is 2.30 bits per heavy atom. The van der Waals surface area contributed by atoms with E-state index >= 15 is 0 Å². The van der Waals surface area contributed by atoms with Gasteiger partial charge < -0.3 is 10.2 Å². The number of nitrogens with zero attached hydrogens (tertiary/aromatic N) is 3. The van der Waals surface area contributed by atoms with E-state index in [0.717, 1.165) is 56.1 Å². The third-order valence-electron chi connectivity index (χ3n) is 4.05. The molecule has 1 aliphatic heterocycles. The van der Waals surface area contributed by atoms with Crippen LogP contribution in [0.5, 0.6) is 0 Å². The van der Waals surface area contributed by atoms with Gasteiger partial charge in [-0.1, -0.05) is 0 Å². The number of likely N-dealkylation sites (tertiary alicyclic amines) is 1. The zero-order valence-electron chi connectivity index (χ0n) is 12.2. The molecule has 0 radical (unpaired) electrons. The summed E-state index contributed by atoms with van der Waals surface area (Å²) in [5.74, 6) is 1.42. The monoisotopic (exact) mass is 274 g/mol. The summed E-state index contributed by atoms with van der Waals surface area (Å²) in [6.45, 7) is 5.68. The van der Waals surface area contributed by atoms with Crippen molar-refractivity contribution in [2.45, 2.75) is 45.6 Å². The van der Waals surface area contributed by atoms with E-state index in [1.165, 1.54) is 0 Å². The van der Waals surface area contributed by atoms with Gasteiger partial charge >= 0.3 is 0 Å². The van der Waals surface area contributed by atoms with Gasteiger partial charge in [-0.05, 0) is 45.6 Å². The average molecular weight is 274 g/mol. The molecular formula is C15H22N4O. The summed E-state index contributed by atoms with van der Waals surface area (Å²) in [4.78, 5) is 22.9. The summed E-state index contributed by atoms with van der Waals surface area (Å²) in [6.07, 6.45) is 4.14. The molecule has 3 rings (SSSR count). The van der Waals surface area contributed by atoms with E-state index in [0.29, 0.717) is 17.9 Å². The topological polar surface area (TPSA) is 58.1 Å². The Kier molecular flexibility index (Phi) is 3.59. The molecule has 1 N–H and O–H groups in total. The number of anilines is 1. The zero-order valence-corrected chi connectivity index (χ0v) is 12.2. The van der Waals surface area contributed by atoms with Gasteiger partial charge in [0.25, 0.3) is 0 Å². The van der Waals surface area contributed by atoms with Gasteiger partial charge in [-0.15, -0.1) is 0 Å². The van der Waals surface area contributed by atoms with Gasteiger partial charge in [-0.25, -0.2) is 9.97 Å². The first-order chi connectivity index (χ1) is 9.61. The number of hydrogen-bond acceptors (Lipinski definition) is 4. The summed E-state index contributed by atoms with van der Waals surface area (Å²) in [5, 5.41) is 3.41. The summed E-state index contributed by atoms with van der Waals surface area (Å²) in [7, 11) is 0. The molecule has 0 unspecified atom stereocenters. The molecule has 1 aliphatic carbocycles. The van der Waals surface area contributed by atoms with E-state index in [-0.39, 0.29) is 0 Å². The van der Waals surface area contributed by atoms with E-state index in [2.05, 4.69) is 15.3 Å².